The van der Waals surface area contributed by atoms with E-state index in [4.69, 9.17) is 8.37 Å². The van der Waals surface area contributed by atoms with Crippen molar-refractivity contribution in [2.75, 3.05) is 13.2 Å². The second-order valence-corrected chi connectivity index (χ2v) is 10.5. The smallest absolute Gasteiger partial charge is 0.268 e. The van der Waals surface area contributed by atoms with Crippen LogP contribution in [0.5, 0.6) is 0 Å². The minimum absolute atomic E-state index is 0.558. The van der Waals surface area contributed by atoms with E-state index in [9.17, 15) is 4.21 Å². The molecule has 0 saturated carbocycles. The summed E-state index contributed by atoms with van der Waals surface area (Å²) in [7, 11) is 0. The lowest BCUT2D eigenvalue weighted by molar-refractivity contribution is 0.240. The molecule has 0 aliphatic carbocycles. The van der Waals surface area contributed by atoms with Gasteiger partial charge in [0.15, 0.2) is 0 Å². The van der Waals surface area contributed by atoms with Crippen LogP contribution in [0.2, 0.25) is 0 Å². The molecule has 0 unspecified atom stereocenters. The van der Waals surface area contributed by atoms with Gasteiger partial charge in [0, 0.05) is 0 Å². The summed E-state index contributed by atoms with van der Waals surface area (Å²) in [6.45, 7) is 5.66. The summed E-state index contributed by atoms with van der Waals surface area (Å²) in [6, 6.07) is 0. The van der Waals surface area contributed by atoms with Crippen molar-refractivity contribution in [2.24, 2.45) is 0 Å². The van der Waals surface area contributed by atoms with Crippen LogP contribution in [-0.2, 0) is 19.7 Å². The average Bonchev–Trinajstić information content (AvgIpc) is 2.80. The molecule has 0 aromatic carbocycles. The molecular formula is C28H58O3S. The molecule has 0 heterocycles. The molecule has 0 aliphatic rings. The summed E-state index contributed by atoms with van der Waals surface area (Å²) in [6.07, 6.45) is 31.8. The molecule has 0 bridgehead atoms. The molecule has 0 aromatic rings. The summed E-state index contributed by atoms with van der Waals surface area (Å²) in [5, 5.41) is 0. The Morgan fingerprint density at radius 2 is 0.594 bits per heavy atom. The molecule has 0 atom stereocenters. The van der Waals surface area contributed by atoms with Crippen LogP contribution in [0.1, 0.15) is 168 Å². The van der Waals surface area contributed by atoms with Crippen molar-refractivity contribution in [1.82, 2.24) is 0 Å². The van der Waals surface area contributed by atoms with Crippen LogP contribution < -0.4 is 0 Å². The maximum Gasteiger partial charge on any atom is 0.304 e. The predicted molar refractivity (Wildman–Crippen MR) is 142 cm³/mol. The topological polar surface area (TPSA) is 35.5 Å². The van der Waals surface area contributed by atoms with Gasteiger partial charge in [0.1, 0.15) is 0 Å². The van der Waals surface area contributed by atoms with Crippen molar-refractivity contribution in [3.8, 4) is 0 Å². The minimum atomic E-state index is -1.55. The maximum absolute atomic E-state index is 11.7. The molecular weight excluding hydrogens is 416 g/mol. The summed E-state index contributed by atoms with van der Waals surface area (Å²) >= 11 is -1.55. The Hall–Kier alpha value is 0.0700. The molecule has 32 heavy (non-hydrogen) atoms. The standard InChI is InChI=1S/C28H58O3S/c1-3-5-7-9-11-13-15-17-19-21-23-25-27-30-32(29)31-28-26-24-22-20-18-16-14-12-10-8-6-4-2/h3-28H2,1-2H3. The lowest BCUT2D eigenvalue weighted by Gasteiger charge is -2.05. The summed E-state index contributed by atoms with van der Waals surface area (Å²) < 4.78 is 22.3. The predicted octanol–water partition coefficient (Wildman–Crippen LogP) is 10.0. The van der Waals surface area contributed by atoms with Crippen molar-refractivity contribution in [3.05, 3.63) is 0 Å². The van der Waals surface area contributed by atoms with E-state index in [0.29, 0.717) is 13.2 Å². The van der Waals surface area contributed by atoms with E-state index in [-0.39, 0.29) is 0 Å². The maximum atomic E-state index is 11.7. The van der Waals surface area contributed by atoms with Crippen LogP contribution in [-0.4, -0.2) is 17.4 Å². The highest BCUT2D eigenvalue weighted by molar-refractivity contribution is 7.75. The zero-order chi connectivity index (χ0) is 23.4. The van der Waals surface area contributed by atoms with Gasteiger partial charge in [-0.2, -0.15) is 4.21 Å². The Labute approximate surface area is 205 Å². The van der Waals surface area contributed by atoms with Crippen molar-refractivity contribution in [3.63, 3.8) is 0 Å². The van der Waals surface area contributed by atoms with E-state index in [0.717, 1.165) is 12.8 Å². The highest BCUT2D eigenvalue weighted by Crippen LogP contribution is 2.13. The monoisotopic (exact) mass is 474 g/mol. The second-order valence-electron chi connectivity index (χ2n) is 9.63. The third-order valence-electron chi connectivity index (χ3n) is 6.35. The van der Waals surface area contributed by atoms with E-state index in [2.05, 4.69) is 13.8 Å². The molecule has 4 heteroatoms. The first-order valence-electron chi connectivity index (χ1n) is 14.5. The van der Waals surface area contributed by atoms with Crippen LogP contribution in [0.15, 0.2) is 0 Å². The molecule has 194 valence electrons. The van der Waals surface area contributed by atoms with Crippen LogP contribution in [0, 0.1) is 0 Å². The fraction of sp³-hybridized carbons (Fsp3) is 1.00. The number of hydrogen-bond donors (Lipinski definition) is 0. The van der Waals surface area contributed by atoms with Gasteiger partial charge in [0.25, 0.3) is 0 Å². The van der Waals surface area contributed by atoms with E-state index in [1.165, 1.54) is 141 Å². The Balaban J connectivity index is 3.14. The Kier molecular flexibility index (Phi) is 29.2. The van der Waals surface area contributed by atoms with Gasteiger partial charge < -0.3 is 0 Å². The Bertz CT molecular complexity index is 331. The summed E-state index contributed by atoms with van der Waals surface area (Å²) in [4.78, 5) is 0. The quantitative estimate of drug-likeness (QED) is 0.106. The lowest BCUT2D eigenvalue weighted by Crippen LogP contribution is -2.05. The number of rotatable bonds is 28. The van der Waals surface area contributed by atoms with Gasteiger partial charge in [-0.1, -0.05) is 155 Å². The van der Waals surface area contributed by atoms with Crippen LogP contribution in [0.3, 0.4) is 0 Å². The van der Waals surface area contributed by atoms with E-state index < -0.39 is 11.4 Å². The zero-order valence-electron chi connectivity index (χ0n) is 22.0. The van der Waals surface area contributed by atoms with Gasteiger partial charge in [-0.25, -0.2) is 0 Å². The highest BCUT2D eigenvalue weighted by atomic mass is 32.2. The van der Waals surface area contributed by atoms with Crippen molar-refractivity contribution >= 4 is 11.4 Å². The molecule has 0 spiro atoms. The van der Waals surface area contributed by atoms with Gasteiger partial charge in [-0.3, -0.25) is 8.37 Å². The number of hydrogen-bond acceptors (Lipinski definition) is 3. The normalized spacial score (nSPS) is 11.6. The third-order valence-corrected chi connectivity index (χ3v) is 7.07. The van der Waals surface area contributed by atoms with Crippen molar-refractivity contribution < 1.29 is 12.6 Å². The molecule has 0 rings (SSSR count). The second kappa shape index (κ2) is 29.1. The average molecular weight is 475 g/mol. The van der Waals surface area contributed by atoms with Gasteiger partial charge in [-0.15, -0.1) is 0 Å². The zero-order valence-corrected chi connectivity index (χ0v) is 22.8. The van der Waals surface area contributed by atoms with E-state index >= 15 is 0 Å². The van der Waals surface area contributed by atoms with Gasteiger partial charge >= 0.3 is 11.4 Å². The first-order chi connectivity index (χ1) is 15.8. The molecule has 0 aliphatic heterocycles. The Morgan fingerprint density at radius 3 is 0.844 bits per heavy atom. The van der Waals surface area contributed by atoms with Gasteiger partial charge in [0.2, 0.25) is 0 Å². The minimum Gasteiger partial charge on any atom is -0.268 e. The molecule has 0 aromatic heterocycles. The summed E-state index contributed by atoms with van der Waals surface area (Å²) in [5.41, 5.74) is 0. The summed E-state index contributed by atoms with van der Waals surface area (Å²) in [5.74, 6) is 0. The highest BCUT2D eigenvalue weighted by Gasteiger charge is 2.01. The molecule has 0 amide bonds. The fourth-order valence-corrected chi connectivity index (χ4v) is 4.75. The lowest BCUT2D eigenvalue weighted by atomic mass is 10.1. The molecule has 0 fully saturated rings. The Morgan fingerprint density at radius 1 is 0.375 bits per heavy atom. The molecule has 0 radical (unpaired) electrons. The van der Waals surface area contributed by atoms with E-state index in [1.807, 2.05) is 0 Å². The molecule has 0 saturated heterocycles. The van der Waals surface area contributed by atoms with Crippen LogP contribution in [0.4, 0.5) is 0 Å². The largest absolute Gasteiger partial charge is 0.304 e. The molecule has 0 N–H and O–H groups in total. The fourth-order valence-electron chi connectivity index (χ4n) is 4.17. The first-order valence-corrected chi connectivity index (χ1v) is 15.5. The molecule has 3 nitrogen and oxygen atoms in total. The van der Waals surface area contributed by atoms with Crippen LogP contribution in [0.25, 0.3) is 0 Å². The first kappa shape index (κ1) is 32.1. The van der Waals surface area contributed by atoms with Crippen LogP contribution >= 0.6 is 0 Å². The SMILES string of the molecule is CCCCCCCCCCCCCCOS(=O)OCCCCCCCCCCCCCC. The van der Waals surface area contributed by atoms with E-state index in [1.54, 1.807) is 0 Å². The van der Waals surface area contributed by atoms with Gasteiger partial charge in [-0.05, 0) is 12.8 Å². The van der Waals surface area contributed by atoms with Crippen molar-refractivity contribution in [1.29, 1.82) is 0 Å². The van der Waals surface area contributed by atoms with Crippen molar-refractivity contribution in [2.45, 2.75) is 168 Å². The number of unbranched alkanes of at least 4 members (excludes halogenated alkanes) is 22. The van der Waals surface area contributed by atoms with Gasteiger partial charge in [0.05, 0.1) is 13.2 Å². The third kappa shape index (κ3) is 28.1.